The summed E-state index contributed by atoms with van der Waals surface area (Å²) in [6.45, 7) is 5.70. The maximum absolute atomic E-state index is 13.7. The Kier molecular flexibility index (Phi) is 3.25. The van der Waals surface area contributed by atoms with Gasteiger partial charge in [-0.25, -0.2) is 4.39 Å². The Hall–Kier alpha value is -0.160. The molecule has 0 bridgehead atoms. The second-order valence-electron chi connectivity index (χ2n) is 3.48. The fourth-order valence-corrected chi connectivity index (χ4v) is 2.45. The Balaban J connectivity index is 5.18. The van der Waals surface area contributed by atoms with Gasteiger partial charge in [-0.2, -0.15) is 8.42 Å². The molecular weight excluding hydrogens is 183 g/mol. The van der Waals surface area contributed by atoms with E-state index in [1.54, 1.807) is 0 Å². The Morgan fingerprint density at radius 2 is 1.42 bits per heavy atom. The van der Waals surface area contributed by atoms with E-state index in [9.17, 15) is 12.8 Å². The first kappa shape index (κ1) is 11.8. The lowest BCUT2D eigenvalue weighted by Crippen LogP contribution is -2.43. The Bertz CT molecular complexity index is 235. The lowest BCUT2D eigenvalue weighted by Gasteiger charge is -2.29. The number of hydrogen-bond donors (Lipinski definition) is 1. The van der Waals surface area contributed by atoms with Gasteiger partial charge < -0.3 is 0 Å². The van der Waals surface area contributed by atoms with Crippen LogP contribution in [0.1, 0.15) is 27.7 Å². The van der Waals surface area contributed by atoms with E-state index in [1.165, 1.54) is 27.7 Å². The van der Waals surface area contributed by atoms with E-state index in [1.807, 2.05) is 0 Å². The van der Waals surface area contributed by atoms with Gasteiger partial charge in [0.15, 0.2) is 0 Å². The molecule has 0 aromatic carbocycles. The molecule has 5 heteroatoms. The minimum Gasteiger partial charge on any atom is -0.283 e. The molecule has 0 heterocycles. The van der Waals surface area contributed by atoms with E-state index in [0.29, 0.717) is 0 Å². The Morgan fingerprint density at radius 1 is 1.17 bits per heavy atom. The summed E-state index contributed by atoms with van der Waals surface area (Å²) in [7, 11) is -4.63. The average molecular weight is 198 g/mol. The van der Waals surface area contributed by atoms with Gasteiger partial charge in [-0.05, 0) is 0 Å². The van der Waals surface area contributed by atoms with Crippen molar-refractivity contribution < 1.29 is 17.4 Å². The van der Waals surface area contributed by atoms with Crippen LogP contribution < -0.4 is 0 Å². The van der Waals surface area contributed by atoms with Crippen LogP contribution in [0.5, 0.6) is 0 Å². The van der Waals surface area contributed by atoms with Crippen molar-refractivity contribution in [3.8, 4) is 0 Å². The summed E-state index contributed by atoms with van der Waals surface area (Å²) < 4.78 is 43.8. The topological polar surface area (TPSA) is 54.4 Å². The van der Waals surface area contributed by atoms with Gasteiger partial charge in [0.25, 0.3) is 0 Å². The molecule has 0 unspecified atom stereocenters. The zero-order chi connectivity index (χ0) is 10.2. The van der Waals surface area contributed by atoms with E-state index >= 15 is 0 Å². The highest BCUT2D eigenvalue weighted by Gasteiger charge is 2.49. The van der Waals surface area contributed by atoms with Crippen molar-refractivity contribution in [2.24, 2.45) is 11.8 Å². The molecule has 0 saturated heterocycles. The van der Waals surface area contributed by atoms with Crippen LogP contribution in [-0.2, 0) is 10.1 Å². The minimum absolute atomic E-state index is 0.757. The Labute approximate surface area is 72.7 Å². The fraction of sp³-hybridized carbons (Fsp3) is 1.00. The Morgan fingerprint density at radius 3 is 1.42 bits per heavy atom. The van der Waals surface area contributed by atoms with Crippen molar-refractivity contribution >= 4 is 10.1 Å². The quantitative estimate of drug-likeness (QED) is 0.704. The van der Waals surface area contributed by atoms with Crippen LogP contribution in [0.3, 0.4) is 0 Å². The van der Waals surface area contributed by atoms with E-state index < -0.39 is 27.0 Å². The average Bonchev–Trinajstić information content (AvgIpc) is 1.82. The maximum Gasteiger partial charge on any atom is 0.300 e. The molecule has 0 aliphatic rings. The number of hydrogen-bond acceptors (Lipinski definition) is 2. The van der Waals surface area contributed by atoms with Crippen LogP contribution >= 0.6 is 0 Å². The first-order valence-electron chi connectivity index (χ1n) is 3.80. The second-order valence-corrected chi connectivity index (χ2v) is 5.06. The summed E-state index contributed by atoms with van der Waals surface area (Å²) in [4.78, 5) is 0. The molecule has 0 radical (unpaired) electrons. The highest BCUT2D eigenvalue weighted by atomic mass is 32.2. The van der Waals surface area contributed by atoms with E-state index in [-0.39, 0.29) is 0 Å². The van der Waals surface area contributed by atoms with Crippen molar-refractivity contribution in [1.82, 2.24) is 0 Å². The smallest absolute Gasteiger partial charge is 0.283 e. The molecule has 0 aromatic rings. The van der Waals surface area contributed by atoms with Crippen molar-refractivity contribution in [3.63, 3.8) is 0 Å². The summed E-state index contributed by atoms with van der Waals surface area (Å²) in [5.74, 6) is -1.51. The van der Waals surface area contributed by atoms with E-state index in [0.717, 1.165) is 0 Å². The van der Waals surface area contributed by atoms with Crippen LogP contribution in [0.25, 0.3) is 0 Å². The van der Waals surface area contributed by atoms with Crippen molar-refractivity contribution in [1.29, 1.82) is 0 Å². The lowest BCUT2D eigenvalue weighted by molar-refractivity contribution is 0.124. The molecular formula is C7H15FO3S. The third-order valence-corrected chi connectivity index (χ3v) is 3.70. The molecule has 74 valence electrons. The predicted octanol–water partition coefficient (Wildman–Crippen LogP) is 1.85. The number of halogens is 1. The van der Waals surface area contributed by atoms with Crippen molar-refractivity contribution in [3.05, 3.63) is 0 Å². The van der Waals surface area contributed by atoms with Crippen LogP contribution in [0, 0.1) is 11.8 Å². The zero-order valence-corrected chi connectivity index (χ0v) is 8.52. The van der Waals surface area contributed by atoms with E-state index in [4.69, 9.17) is 4.55 Å². The maximum atomic E-state index is 13.7. The molecule has 0 aliphatic heterocycles. The molecule has 0 aliphatic carbocycles. The van der Waals surface area contributed by atoms with Gasteiger partial charge in [0, 0.05) is 11.8 Å². The first-order chi connectivity index (χ1) is 5.14. The van der Waals surface area contributed by atoms with Gasteiger partial charge in [0.1, 0.15) is 0 Å². The van der Waals surface area contributed by atoms with E-state index in [2.05, 4.69) is 0 Å². The molecule has 0 fully saturated rings. The standard InChI is InChI=1S/C7H15FO3S/c1-5(2)7(8,6(3)4)12(9,10)11/h5-6H,1-4H3,(H,9,10,11). The summed E-state index contributed by atoms with van der Waals surface area (Å²) in [5.41, 5.74) is 0. The molecule has 0 amide bonds. The molecule has 0 rings (SSSR count). The van der Waals surface area contributed by atoms with Gasteiger partial charge in [0.2, 0.25) is 5.00 Å². The monoisotopic (exact) mass is 198 g/mol. The summed E-state index contributed by atoms with van der Waals surface area (Å²) in [6, 6.07) is 0. The highest BCUT2D eigenvalue weighted by molar-refractivity contribution is 7.87. The van der Waals surface area contributed by atoms with Gasteiger partial charge in [-0.15, -0.1) is 0 Å². The molecule has 3 nitrogen and oxygen atoms in total. The van der Waals surface area contributed by atoms with Crippen molar-refractivity contribution in [2.45, 2.75) is 32.7 Å². The first-order valence-corrected chi connectivity index (χ1v) is 5.24. The summed E-state index contributed by atoms with van der Waals surface area (Å²) in [6.07, 6.45) is 0. The van der Waals surface area contributed by atoms with Crippen molar-refractivity contribution in [2.75, 3.05) is 0 Å². The van der Waals surface area contributed by atoms with Crippen LogP contribution in [-0.4, -0.2) is 18.0 Å². The largest absolute Gasteiger partial charge is 0.300 e. The van der Waals surface area contributed by atoms with Gasteiger partial charge in [0.05, 0.1) is 0 Å². The van der Waals surface area contributed by atoms with Crippen LogP contribution in [0.15, 0.2) is 0 Å². The number of alkyl halides is 1. The molecule has 0 saturated carbocycles. The molecule has 0 spiro atoms. The normalized spacial score (nSPS) is 14.3. The molecule has 0 aromatic heterocycles. The lowest BCUT2D eigenvalue weighted by atomic mass is 9.97. The van der Waals surface area contributed by atoms with Gasteiger partial charge >= 0.3 is 10.1 Å². The minimum atomic E-state index is -4.63. The fourth-order valence-electron chi connectivity index (χ4n) is 1.26. The third-order valence-electron chi connectivity index (χ3n) is 1.97. The summed E-state index contributed by atoms with van der Waals surface area (Å²) >= 11 is 0. The van der Waals surface area contributed by atoms with Crippen LogP contribution in [0.2, 0.25) is 0 Å². The molecule has 12 heavy (non-hydrogen) atoms. The third kappa shape index (κ3) is 1.77. The predicted molar refractivity (Wildman–Crippen MR) is 45.1 cm³/mol. The second kappa shape index (κ2) is 3.30. The highest BCUT2D eigenvalue weighted by Crippen LogP contribution is 2.35. The van der Waals surface area contributed by atoms with Gasteiger partial charge in [-0.1, -0.05) is 27.7 Å². The van der Waals surface area contributed by atoms with Gasteiger partial charge in [-0.3, -0.25) is 4.55 Å². The zero-order valence-electron chi connectivity index (χ0n) is 7.70. The summed E-state index contributed by atoms with van der Waals surface area (Å²) in [5, 5.41) is -2.53. The SMILES string of the molecule is CC(C)C(F)(C(C)C)S(=O)(=O)O. The number of rotatable bonds is 3. The molecule has 1 N–H and O–H groups in total. The molecule has 0 atom stereocenters. The van der Waals surface area contributed by atoms with Crippen LogP contribution in [0.4, 0.5) is 4.39 Å².